The third-order valence-corrected chi connectivity index (χ3v) is 3.21. The molecule has 0 amide bonds. The minimum absolute atomic E-state index is 0.434. The highest BCUT2D eigenvalue weighted by Gasteiger charge is 2.15. The van der Waals surface area contributed by atoms with Crippen LogP contribution < -0.4 is 5.32 Å². The van der Waals surface area contributed by atoms with E-state index in [1.165, 1.54) is 5.56 Å². The fraction of sp³-hybridized carbons (Fsp3) is 0.600. The van der Waals surface area contributed by atoms with Gasteiger partial charge in [-0.2, -0.15) is 0 Å². The molecule has 0 fully saturated rings. The lowest BCUT2D eigenvalue weighted by Crippen LogP contribution is -2.39. The van der Waals surface area contributed by atoms with Gasteiger partial charge < -0.3 is 5.32 Å². The molecule has 0 bridgehead atoms. The minimum atomic E-state index is 0.434. The van der Waals surface area contributed by atoms with Crippen LogP contribution in [0.1, 0.15) is 39.3 Å². The van der Waals surface area contributed by atoms with Crippen molar-refractivity contribution in [1.82, 2.24) is 10.2 Å². The van der Waals surface area contributed by atoms with Gasteiger partial charge in [0.2, 0.25) is 0 Å². The molecule has 1 N–H and O–H groups in total. The molecule has 0 saturated carbocycles. The van der Waals surface area contributed by atoms with Gasteiger partial charge in [0.15, 0.2) is 0 Å². The number of likely N-dealkylation sites (N-methyl/N-ethyl adjacent to an activating group) is 2. The third-order valence-electron chi connectivity index (χ3n) is 3.21. The zero-order valence-electron chi connectivity index (χ0n) is 11.6. The van der Waals surface area contributed by atoms with E-state index in [1.807, 2.05) is 0 Å². The summed E-state index contributed by atoms with van der Waals surface area (Å²) in [5.41, 5.74) is 1.38. The van der Waals surface area contributed by atoms with Gasteiger partial charge in [-0.25, -0.2) is 0 Å². The molecule has 0 radical (unpaired) electrons. The second kappa shape index (κ2) is 7.46. The minimum Gasteiger partial charge on any atom is -0.309 e. The number of rotatable bonds is 7. The molecule has 1 unspecified atom stereocenters. The number of nitrogens with zero attached hydrogens (tertiary/aromatic N) is 1. The van der Waals surface area contributed by atoms with E-state index in [0.717, 1.165) is 19.6 Å². The average Bonchev–Trinajstić information content (AvgIpc) is 2.35. The molecule has 1 aromatic rings. The van der Waals surface area contributed by atoms with Crippen LogP contribution in [0.15, 0.2) is 30.3 Å². The van der Waals surface area contributed by atoms with Gasteiger partial charge in [-0.3, -0.25) is 4.90 Å². The Hall–Kier alpha value is -0.860. The molecule has 1 atom stereocenters. The summed E-state index contributed by atoms with van der Waals surface area (Å²) in [6.07, 6.45) is 0. The van der Waals surface area contributed by atoms with Gasteiger partial charge in [0.25, 0.3) is 0 Å². The maximum absolute atomic E-state index is 3.58. The standard InChI is InChI=1S/C15H26N2/c1-5-16-15(12-17(6-2)13(3)4)14-10-8-7-9-11-14/h7-11,13,15-16H,5-6,12H2,1-4H3. The molecule has 2 heteroatoms. The van der Waals surface area contributed by atoms with Crippen molar-refractivity contribution in [2.24, 2.45) is 0 Å². The molecule has 0 aliphatic rings. The second-order valence-corrected chi connectivity index (χ2v) is 4.70. The monoisotopic (exact) mass is 234 g/mol. The van der Waals surface area contributed by atoms with Crippen molar-refractivity contribution in [3.63, 3.8) is 0 Å². The summed E-state index contributed by atoms with van der Waals surface area (Å²) in [5.74, 6) is 0. The molecule has 17 heavy (non-hydrogen) atoms. The summed E-state index contributed by atoms with van der Waals surface area (Å²) in [4.78, 5) is 2.50. The van der Waals surface area contributed by atoms with Gasteiger partial charge in [-0.15, -0.1) is 0 Å². The van der Waals surface area contributed by atoms with Crippen LogP contribution >= 0.6 is 0 Å². The predicted octanol–water partition coefficient (Wildman–Crippen LogP) is 3.07. The lowest BCUT2D eigenvalue weighted by atomic mass is 10.1. The Kier molecular flexibility index (Phi) is 6.23. The molecule has 0 heterocycles. The summed E-state index contributed by atoms with van der Waals surface area (Å²) in [6.45, 7) is 12.1. The molecule has 0 spiro atoms. The van der Waals surface area contributed by atoms with Crippen LogP contribution in [0.2, 0.25) is 0 Å². The van der Waals surface area contributed by atoms with Gasteiger partial charge in [-0.1, -0.05) is 44.2 Å². The van der Waals surface area contributed by atoms with Crippen molar-refractivity contribution >= 4 is 0 Å². The maximum Gasteiger partial charge on any atom is 0.0449 e. The van der Waals surface area contributed by atoms with Crippen LogP contribution in [0.4, 0.5) is 0 Å². The number of hydrogen-bond acceptors (Lipinski definition) is 2. The number of nitrogens with one attached hydrogen (secondary N) is 1. The van der Waals surface area contributed by atoms with Crippen molar-refractivity contribution in [2.75, 3.05) is 19.6 Å². The Morgan fingerprint density at radius 3 is 2.24 bits per heavy atom. The second-order valence-electron chi connectivity index (χ2n) is 4.70. The normalized spacial score (nSPS) is 13.3. The average molecular weight is 234 g/mol. The van der Waals surface area contributed by atoms with Crippen LogP contribution in [0, 0.1) is 0 Å². The molecule has 1 aromatic carbocycles. The molecule has 96 valence electrons. The highest BCUT2D eigenvalue weighted by molar-refractivity contribution is 5.19. The first-order valence-electron chi connectivity index (χ1n) is 6.71. The topological polar surface area (TPSA) is 15.3 Å². The van der Waals surface area contributed by atoms with E-state index in [9.17, 15) is 0 Å². The zero-order valence-corrected chi connectivity index (χ0v) is 11.6. The van der Waals surface area contributed by atoms with Gasteiger partial charge in [0.05, 0.1) is 0 Å². The molecule has 1 rings (SSSR count). The third kappa shape index (κ3) is 4.49. The van der Waals surface area contributed by atoms with Crippen molar-refractivity contribution in [3.8, 4) is 0 Å². The summed E-state index contributed by atoms with van der Waals surface area (Å²) in [6, 6.07) is 11.8. The molecular weight excluding hydrogens is 208 g/mol. The van der Waals surface area contributed by atoms with Crippen LogP contribution in [-0.2, 0) is 0 Å². The smallest absolute Gasteiger partial charge is 0.0449 e. The van der Waals surface area contributed by atoms with Crippen LogP contribution in [0.5, 0.6) is 0 Å². The lowest BCUT2D eigenvalue weighted by molar-refractivity contribution is 0.208. The van der Waals surface area contributed by atoms with E-state index in [0.29, 0.717) is 12.1 Å². The van der Waals surface area contributed by atoms with Gasteiger partial charge in [-0.05, 0) is 32.5 Å². The van der Waals surface area contributed by atoms with Crippen LogP contribution in [-0.4, -0.2) is 30.6 Å². The summed E-state index contributed by atoms with van der Waals surface area (Å²) in [5, 5.41) is 3.58. The van der Waals surface area contributed by atoms with Gasteiger partial charge in [0, 0.05) is 18.6 Å². The molecule has 0 saturated heterocycles. The van der Waals surface area contributed by atoms with E-state index >= 15 is 0 Å². The van der Waals surface area contributed by atoms with E-state index in [2.05, 4.69) is 68.2 Å². The van der Waals surface area contributed by atoms with Crippen molar-refractivity contribution < 1.29 is 0 Å². The van der Waals surface area contributed by atoms with Gasteiger partial charge >= 0.3 is 0 Å². The van der Waals surface area contributed by atoms with E-state index in [4.69, 9.17) is 0 Å². The molecule has 0 aliphatic carbocycles. The Balaban J connectivity index is 2.72. The summed E-state index contributed by atoms with van der Waals surface area (Å²) >= 11 is 0. The summed E-state index contributed by atoms with van der Waals surface area (Å²) in [7, 11) is 0. The highest BCUT2D eigenvalue weighted by Crippen LogP contribution is 2.15. The van der Waals surface area contributed by atoms with Crippen molar-refractivity contribution in [2.45, 2.75) is 39.8 Å². The Bertz CT molecular complexity index is 295. The van der Waals surface area contributed by atoms with E-state index < -0.39 is 0 Å². The van der Waals surface area contributed by atoms with Gasteiger partial charge in [0.1, 0.15) is 0 Å². The zero-order chi connectivity index (χ0) is 12.7. The van der Waals surface area contributed by atoms with Crippen molar-refractivity contribution in [3.05, 3.63) is 35.9 Å². The van der Waals surface area contributed by atoms with Crippen LogP contribution in [0.3, 0.4) is 0 Å². The quantitative estimate of drug-likeness (QED) is 0.780. The van der Waals surface area contributed by atoms with E-state index in [-0.39, 0.29) is 0 Å². The molecule has 0 aliphatic heterocycles. The fourth-order valence-electron chi connectivity index (χ4n) is 2.16. The molecule has 2 nitrogen and oxygen atoms in total. The van der Waals surface area contributed by atoms with Crippen molar-refractivity contribution in [1.29, 1.82) is 0 Å². The molecular formula is C15H26N2. The lowest BCUT2D eigenvalue weighted by Gasteiger charge is -2.30. The predicted molar refractivity (Wildman–Crippen MR) is 75.2 cm³/mol. The Morgan fingerprint density at radius 2 is 1.76 bits per heavy atom. The first-order valence-corrected chi connectivity index (χ1v) is 6.71. The number of hydrogen-bond donors (Lipinski definition) is 1. The fourth-order valence-corrected chi connectivity index (χ4v) is 2.16. The highest BCUT2D eigenvalue weighted by atomic mass is 15.2. The summed E-state index contributed by atoms with van der Waals surface area (Å²) < 4.78 is 0. The molecule has 0 aromatic heterocycles. The SMILES string of the molecule is CCNC(CN(CC)C(C)C)c1ccccc1. The maximum atomic E-state index is 3.58. The number of benzene rings is 1. The largest absolute Gasteiger partial charge is 0.309 e. The Morgan fingerprint density at radius 1 is 1.12 bits per heavy atom. The van der Waals surface area contributed by atoms with E-state index in [1.54, 1.807) is 0 Å². The van der Waals surface area contributed by atoms with Crippen LogP contribution in [0.25, 0.3) is 0 Å². The Labute approximate surface area is 106 Å². The first-order chi connectivity index (χ1) is 8.19. The first kappa shape index (κ1) is 14.2.